The van der Waals surface area contributed by atoms with E-state index in [2.05, 4.69) is 10.4 Å². The van der Waals surface area contributed by atoms with Gasteiger partial charge in [0, 0.05) is 18.2 Å². The number of hydrogen-bond donors (Lipinski definition) is 2. The van der Waals surface area contributed by atoms with Crippen molar-refractivity contribution in [2.45, 2.75) is 34.2 Å². The fourth-order valence-electron chi connectivity index (χ4n) is 1.28. The van der Waals surface area contributed by atoms with Crippen LogP contribution >= 0.6 is 0 Å². The van der Waals surface area contributed by atoms with Gasteiger partial charge in [-0.3, -0.25) is 14.3 Å². The Morgan fingerprint density at radius 3 is 2.61 bits per heavy atom. The Labute approximate surface area is 106 Å². The van der Waals surface area contributed by atoms with E-state index < -0.39 is 5.97 Å². The lowest BCUT2D eigenvalue weighted by atomic mass is 9.81. The molecule has 0 aliphatic rings. The molecule has 0 fully saturated rings. The highest BCUT2D eigenvalue weighted by molar-refractivity contribution is 5.91. The van der Waals surface area contributed by atoms with Gasteiger partial charge >= 0.3 is 5.97 Å². The number of nitrogens with zero attached hydrogens (tertiary/aromatic N) is 2. The predicted molar refractivity (Wildman–Crippen MR) is 67.1 cm³/mol. The Kier molecular flexibility index (Phi) is 4.11. The maximum absolute atomic E-state index is 11.9. The second-order valence-corrected chi connectivity index (χ2v) is 5.37. The molecule has 100 valence electrons. The Bertz CT molecular complexity index is 446. The third-order valence-electron chi connectivity index (χ3n) is 2.88. The highest BCUT2D eigenvalue weighted by Crippen LogP contribution is 2.26. The average molecular weight is 253 g/mol. The molecule has 6 nitrogen and oxygen atoms in total. The molecule has 0 saturated carbocycles. The molecule has 0 aromatic carbocycles. The molecule has 1 aromatic heterocycles. The van der Waals surface area contributed by atoms with E-state index in [1.54, 1.807) is 6.07 Å². The molecule has 0 spiro atoms. The van der Waals surface area contributed by atoms with E-state index in [1.807, 2.05) is 27.7 Å². The number of amides is 1. The van der Waals surface area contributed by atoms with Crippen molar-refractivity contribution in [3.05, 3.63) is 12.3 Å². The summed E-state index contributed by atoms with van der Waals surface area (Å²) in [5.74, 6) is -0.887. The van der Waals surface area contributed by atoms with Crippen LogP contribution in [0.1, 0.15) is 27.7 Å². The van der Waals surface area contributed by atoms with Crippen LogP contribution in [0.5, 0.6) is 0 Å². The zero-order valence-electron chi connectivity index (χ0n) is 11.1. The average Bonchev–Trinajstić information content (AvgIpc) is 2.61. The monoisotopic (exact) mass is 253 g/mol. The third kappa shape index (κ3) is 3.87. The number of hydrogen-bond acceptors (Lipinski definition) is 3. The summed E-state index contributed by atoms with van der Waals surface area (Å²) in [6, 6.07) is 1.58. The number of anilines is 1. The molecule has 0 aliphatic carbocycles. The van der Waals surface area contributed by atoms with E-state index in [-0.39, 0.29) is 23.8 Å². The van der Waals surface area contributed by atoms with Crippen molar-refractivity contribution in [1.29, 1.82) is 0 Å². The summed E-state index contributed by atoms with van der Waals surface area (Å²) in [6.07, 6.45) is 1.52. The van der Waals surface area contributed by atoms with Crippen LogP contribution in [-0.2, 0) is 16.1 Å². The molecule has 18 heavy (non-hydrogen) atoms. The first-order valence-corrected chi connectivity index (χ1v) is 5.76. The summed E-state index contributed by atoms with van der Waals surface area (Å²) in [5.41, 5.74) is -0.131. The van der Waals surface area contributed by atoms with Gasteiger partial charge in [-0.15, -0.1) is 0 Å². The Balaban J connectivity index is 2.65. The van der Waals surface area contributed by atoms with Crippen LogP contribution < -0.4 is 5.32 Å². The highest BCUT2D eigenvalue weighted by atomic mass is 16.4. The third-order valence-corrected chi connectivity index (χ3v) is 2.88. The fourth-order valence-corrected chi connectivity index (χ4v) is 1.28. The van der Waals surface area contributed by atoms with Crippen LogP contribution in [0.3, 0.4) is 0 Å². The van der Waals surface area contributed by atoms with E-state index in [9.17, 15) is 9.59 Å². The maximum Gasteiger partial charge on any atom is 0.325 e. The van der Waals surface area contributed by atoms with Gasteiger partial charge in [0.25, 0.3) is 0 Å². The smallest absolute Gasteiger partial charge is 0.325 e. The minimum absolute atomic E-state index is 0.122. The lowest BCUT2D eigenvalue weighted by Crippen LogP contribution is -2.31. The van der Waals surface area contributed by atoms with Crippen LogP contribution in [-0.4, -0.2) is 26.8 Å². The van der Waals surface area contributed by atoms with Crippen LogP contribution in [0.2, 0.25) is 0 Å². The second kappa shape index (κ2) is 5.20. The van der Waals surface area contributed by atoms with Crippen molar-refractivity contribution < 1.29 is 14.7 Å². The van der Waals surface area contributed by atoms with Crippen LogP contribution in [0.25, 0.3) is 0 Å². The Morgan fingerprint density at radius 2 is 2.11 bits per heavy atom. The topological polar surface area (TPSA) is 84.2 Å². The number of aromatic nitrogens is 2. The number of nitrogens with one attached hydrogen (secondary N) is 1. The van der Waals surface area contributed by atoms with Gasteiger partial charge in [-0.1, -0.05) is 27.7 Å². The van der Waals surface area contributed by atoms with Crippen LogP contribution in [0, 0.1) is 11.3 Å². The van der Waals surface area contributed by atoms with Crippen molar-refractivity contribution in [1.82, 2.24) is 9.78 Å². The molecule has 1 amide bonds. The van der Waals surface area contributed by atoms with Crippen LogP contribution in [0.4, 0.5) is 5.82 Å². The normalized spacial score (nSPS) is 13.1. The van der Waals surface area contributed by atoms with Crippen LogP contribution in [0.15, 0.2) is 12.3 Å². The number of rotatable bonds is 4. The van der Waals surface area contributed by atoms with Gasteiger partial charge in [-0.05, 0) is 5.41 Å². The lowest BCUT2D eigenvalue weighted by Gasteiger charge is -2.25. The minimum Gasteiger partial charge on any atom is -0.480 e. The van der Waals surface area contributed by atoms with Gasteiger partial charge in [0.05, 0.1) is 0 Å². The molecule has 2 N–H and O–H groups in total. The summed E-state index contributed by atoms with van der Waals surface area (Å²) >= 11 is 0. The summed E-state index contributed by atoms with van der Waals surface area (Å²) in [6.45, 7) is 7.59. The molecule has 1 unspecified atom stereocenters. The summed E-state index contributed by atoms with van der Waals surface area (Å²) in [5, 5.41) is 15.2. The van der Waals surface area contributed by atoms with Gasteiger partial charge in [0.2, 0.25) is 5.91 Å². The number of carbonyl (C=O) groups excluding carboxylic acids is 1. The standard InChI is InChI=1S/C12H19N3O3/c1-8(12(2,3)4)11(18)13-9-5-6-15(14-9)7-10(16)17/h5-6,8H,7H2,1-4H3,(H,16,17)(H,13,14,18). The van der Waals surface area contributed by atoms with Crippen molar-refractivity contribution in [2.24, 2.45) is 11.3 Å². The summed E-state index contributed by atoms with van der Waals surface area (Å²) in [7, 11) is 0. The first-order valence-electron chi connectivity index (χ1n) is 5.76. The summed E-state index contributed by atoms with van der Waals surface area (Å²) in [4.78, 5) is 22.4. The van der Waals surface area contributed by atoms with Gasteiger partial charge in [-0.25, -0.2) is 0 Å². The summed E-state index contributed by atoms with van der Waals surface area (Å²) < 4.78 is 1.26. The van der Waals surface area contributed by atoms with E-state index in [4.69, 9.17) is 5.11 Å². The lowest BCUT2D eigenvalue weighted by molar-refractivity contribution is -0.137. The SMILES string of the molecule is CC(C(=O)Nc1ccn(CC(=O)O)n1)C(C)(C)C. The molecule has 1 rings (SSSR count). The number of carboxylic acid groups (broad SMARTS) is 1. The quantitative estimate of drug-likeness (QED) is 0.853. The zero-order valence-corrected chi connectivity index (χ0v) is 11.1. The number of carbonyl (C=O) groups is 2. The fraction of sp³-hybridized carbons (Fsp3) is 0.583. The molecule has 0 aliphatic heterocycles. The predicted octanol–water partition coefficient (Wildman–Crippen LogP) is 1.59. The molecule has 0 saturated heterocycles. The minimum atomic E-state index is -0.973. The second-order valence-electron chi connectivity index (χ2n) is 5.37. The van der Waals surface area contributed by atoms with Gasteiger partial charge in [0.15, 0.2) is 5.82 Å². The van der Waals surface area contributed by atoms with Gasteiger partial charge < -0.3 is 10.4 Å². The first-order chi connectivity index (χ1) is 8.20. The van der Waals surface area contributed by atoms with Crippen molar-refractivity contribution >= 4 is 17.7 Å². The molecule has 1 atom stereocenters. The molecule has 1 heterocycles. The van der Waals surface area contributed by atoms with Crippen molar-refractivity contribution in [2.75, 3.05) is 5.32 Å². The zero-order chi connectivity index (χ0) is 13.9. The van der Waals surface area contributed by atoms with Crippen molar-refractivity contribution in [3.63, 3.8) is 0 Å². The van der Waals surface area contributed by atoms with Gasteiger partial charge in [0.1, 0.15) is 6.54 Å². The molecular formula is C12H19N3O3. The first kappa shape index (κ1) is 14.2. The van der Waals surface area contributed by atoms with E-state index in [0.717, 1.165) is 0 Å². The number of aliphatic carboxylic acids is 1. The van der Waals surface area contributed by atoms with Crippen molar-refractivity contribution in [3.8, 4) is 0 Å². The van der Waals surface area contributed by atoms with E-state index in [1.165, 1.54) is 10.9 Å². The van der Waals surface area contributed by atoms with Gasteiger partial charge in [-0.2, -0.15) is 5.10 Å². The molecule has 6 heteroatoms. The molecular weight excluding hydrogens is 234 g/mol. The van der Waals surface area contributed by atoms with E-state index in [0.29, 0.717) is 5.82 Å². The highest BCUT2D eigenvalue weighted by Gasteiger charge is 2.27. The number of carboxylic acids is 1. The molecule has 1 aromatic rings. The Hall–Kier alpha value is -1.85. The van der Waals surface area contributed by atoms with E-state index >= 15 is 0 Å². The largest absolute Gasteiger partial charge is 0.480 e. The molecule has 0 bridgehead atoms. The Morgan fingerprint density at radius 1 is 1.50 bits per heavy atom. The maximum atomic E-state index is 11.9. The molecule has 0 radical (unpaired) electrons.